The summed E-state index contributed by atoms with van der Waals surface area (Å²) in [6, 6.07) is 15.6. The Morgan fingerprint density at radius 1 is 1.00 bits per heavy atom. The molecule has 2 aromatic rings. The predicted octanol–water partition coefficient (Wildman–Crippen LogP) is 2.86. The normalized spacial score (nSPS) is 15.1. The van der Waals surface area contributed by atoms with Crippen LogP contribution in [0.1, 0.15) is 18.4 Å². The maximum absolute atomic E-state index is 12.2. The molecule has 1 aliphatic heterocycles. The second-order valence-electron chi connectivity index (χ2n) is 6.93. The first kappa shape index (κ1) is 20.0. The molecular formula is C22H28N2O4. The first-order valence-electron chi connectivity index (χ1n) is 9.58. The number of carbonyl (C=O) groups is 1. The first-order chi connectivity index (χ1) is 13.7. The summed E-state index contributed by atoms with van der Waals surface area (Å²) in [6.45, 7) is 2.85. The molecule has 1 aliphatic rings. The van der Waals surface area contributed by atoms with Crippen LogP contribution in [0, 0.1) is 0 Å². The standard InChI is InChI=1S/C22H28N2O4/c1-26-19-6-8-20(9-7-19)28-16-22(25)23-18-10-12-24(13-11-18)15-17-4-3-5-21(14-17)27-2/h3-9,14,18H,10-13,15-16H2,1-2H3,(H,23,25). The van der Waals surface area contributed by atoms with Crippen LogP contribution in [-0.4, -0.2) is 50.8 Å². The van der Waals surface area contributed by atoms with Crippen molar-refractivity contribution in [2.75, 3.05) is 33.9 Å². The Labute approximate surface area is 166 Å². The summed E-state index contributed by atoms with van der Waals surface area (Å²) in [5.41, 5.74) is 1.25. The van der Waals surface area contributed by atoms with Crippen LogP contribution in [0.3, 0.4) is 0 Å². The Morgan fingerprint density at radius 2 is 1.68 bits per heavy atom. The summed E-state index contributed by atoms with van der Waals surface area (Å²) in [4.78, 5) is 14.6. The van der Waals surface area contributed by atoms with Crippen molar-refractivity contribution in [2.45, 2.75) is 25.4 Å². The second kappa shape index (κ2) is 9.99. The molecule has 6 heteroatoms. The topological polar surface area (TPSA) is 60.0 Å². The zero-order chi connectivity index (χ0) is 19.8. The summed E-state index contributed by atoms with van der Waals surface area (Å²) < 4.78 is 15.9. The van der Waals surface area contributed by atoms with Gasteiger partial charge in [0.05, 0.1) is 14.2 Å². The van der Waals surface area contributed by atoms with Crippen LogP contribution in [-0.2, 0) is 11.3 Å². The van der Waals surface area contributed by atoms with Gasteiger partial charge in [-0.05, 0) is 54.8 Å². The van der Waals surface area contributed by atoms with Gasteiger partial charge in [-0.25, -0.2) is 0 Å². The third kappa shape index (κ3) is 5.89. The highest BCUT2D eigenvalue weighted by atomic mass is 16.5. The van der Waals surface area contributed by atoms with Gasteiger partial charge in [-0.15, -0.1) is 0 Å². The number of methoxy groups -OCH3 is 2. The summed E-state index contributed by atoms with van der Waals surface area (Å²) >= 11 is 0. The van der Waals surface area contributed by atoms with Gasteiger partial charge in [0, 0.05) is 25.7 Å². The van der Waals surface area contributed by atoms with Gasteiger partial charge in [-0.3, -0.25) is 9.69 Å². The molecule has 1 N–H and O–H groups in total. The molecule has 2 aromatic carbocycles. The SMILES string of the molecule is COc1ccc(OCC(=O)NC2CCN(Cc3cccc(OC)c3)CC2)cc1. The average Bonchev–Trinajstić information content (AvgIpc) is 2.74. The molecule has 0 unspecified atom stereocenters. The zero-order valence-electron chi connectivity index (χ0n) is 16.5. The lowest BCUT2D eigenvalue weighted by atomic mass is 10.0. The van der Waals surface area contributed by atoms with Crippen LogP contribution in [0.5, 0.6) is 17.2 Å². The summed E-state index contributed by atoms with van der Waals surface area (Å²) in [6.07, 6.45) is 1.89. The molecule has 1 amide bonds. The molecule has 28 heavy (non-hydrogen) atoms. The van der Waals surface area contributed by atoms with E-state index in [9.17, 15) is 4.79 Å². The minimum Gasteiger partial charge on any atom is -0.497 e. The number of rotatable bonds is 8. The molecule has 0 bridgehead atoms. The number of amides is 1. The van der Waals surface area contributed by atoms with Gasteiger partial charge < -0.3 is 19.5 Å². The second-order valence-corrected chi connectivity index (χ2v) is 6.93. The Bertz CT molecular complexity index is 755. The van der Waals surface area contributed by atoms with E-state index in [2.05, 4.69) is 22.3 Å². The van der Waals surface area contributed by atoms with Crippen LogP contribution in [0.4, 0.5) is 0 Å². The van der Waals surface area contributed by atoms with Gasteiger partial charge >= 0.3 is 0 Å². The molecule has 0 radical (unpaired) electrons. The molecule has 1 heterocycles. The van der Waals surface area contributed by atoms with Crippen molar-refractivity contribution in [1.29, 1.82) is 0 Å². The highest BCUT2D eigenvalue weighted by Gasteiger charge is 2.21. The van der Waals surface area contributed by atoms with E-state index >= 15 is 0 Å². The van der Waals surface area contributed by atoms with E-state index in [1.165, 1.54) is 5.56 Å². The quantitative estimate of drug-likeness (QED) is 0.758. The van der Waals surface area contributed by atoms with E-state index in [1.54, 1.807) is 26.4 Å². The number of benzene rings is 2. The highest BCUT2D eigenvalue weighted by molar-refractivity contribution is 5.77. The smallest absolute Gasteiger partial charge is 0.258 e. The summed E-state index contributed by atoms with van der Waals surface area (Å²) in [5, 5.41) is 3.08. The molecule has 0 spiro atoms. The van der Waals surface area contributed by atoms with Gasteiger partial charge in [0.25, 0.3) is 5.91 Å². The van der Waals surface area contributed by atoms with Gasteiger partial charge in [0.1, 0.15) is 17.2 Å². The number of hydrogen-bond donors (Lipinski definition) is 1. The average molecular weight is 384 g/mol. The van der Waals surface area contributed by atoms with E-state index in [0.717, 1.165) is 44.0 Å². The van der Waals surface area contributed by atoms with Crippen molar-refractivity contribution in [3.8, 4) is 17.2 Å². The van der Waals surface area contributed by atoms with Gasteiger partial charge in [-0.2, -0.15) is 0 Å². The van der Waals surface area contributed by atoms with E-state index in [4.69, 9.17) is 14.2 Å². The molecular weight excluding hydrogens is 356 g/mol. The third-order valence-corrected chi connectivity index (χ3v) is 4.92. The van der Waals surface area contributed by atoms with E-state index < -0.39 is 0 Å². The van der Waals surface area contributed by atoms with Crippen LogP contribution in [0.15, 0.2) is 48.5 Å². The fourth-order valence-corrected chi connectivity index (χ4v) is 3.35. The Morgan fingerprint density at radius 3 is 2.36 bits per heavy atom. The summed E-state index contributed by atoms with van der Waals surface area (Å²) in [7, 11) is 3.30. The van der Waals surface area contributed by atoms with Crippen LogP contribution < -0.4 is 19.5 Å². The van der Waals surface area contributed by atoms with E-state index in [0.29, 0.717) is 5.75 Å². The fraction of sp³-hybridized carbons (Fsp3) is 0.409. The largest absolute Gasteiger partial charge is 0.497 e. The Balaban J connectivity index is 1.37. The maximum Gasteiger partial charge on any atom is 0.258 e. The molecule has 0 saturated carbocycles. The lowest BCUT2D eigenvalue weighted by Gasteiger charge is -2.32. The fourth-order valence-electron chi connectivity index (χ4n) is 3.35. The van der Waals surface area contributed by atoms with Crippen LogP contribution >= 0.6 is 0 Å². The molecule has 150 valence electrons. The van der Waals surface area contributed by atoms with E-state index in [-0.39, 0.29) is 18.6 Å². The van der Waals surface area contributed by atoms with Crippen molar-refractivity contribution in [2.24, 2.45) is 0 Å². The van der Waals surface area contributed by atoms with Crippen LogP contribution in [0.2, 0.25) is 0 Å². The molecule has 0 atom stereocenters. The third-order valence-electron chi connectivity index (χ3n) is 4.92. The molecule has 3 rings (SSSR count). The zero-order valence-corrected chi connectivity index (χ0v) is 16.5. The van der Waals surface area contributed by atoms with Gasteiger partial charge in [0.15, 0.2) is 6.61 Å². The number of likely N-dealkylation sites (tertiary alicyclic amines) is 1. The van der Waals surface area contributed by atoms with Crippen molar-refractivity contribution in [1.82, 2.24) is 10.2 Å². The molecule has 0 aromatic heterocycles. The highest BCUT2D eigenvalue weighted by Crippen LogP contribution is 2.18. The van der Waals surface area contributed by atoms with Crippen molar-refractivity contribution in [3.05, 3.63) is 54.1 Å². The first-order valence-corrected chi connectivity index (χ1v) is 9.58. The van der Waals surface area contributed by atoms with Crippen molar-refractivity contribution >= 4 is 5.91 Å². The Kier molecular flexibility index (Phi) is 7.14. The van der Waals surface area contributed by atoms with E-state index in [1.807, 2.05) is 24.3 Å². The molecule has 1 fully saturated rings. The lowest BCUT2D eigenvalue weighted by Crippen LogP contribution is -2.45. The minimum absolute atomic E-state index is 0.0242. The molecule has 0 aliphatic carbocycles. The van der Waals surface area contributed by atoms with Gasteiger partial charge in [0.2, 0.25) is 0 Å². The number of nitrogens with zero attached hydrogens (tertiary/aromatic N) is 1. The maximum atomic E-state index is 12.2. The van der Waals surface area contributed by atoms with Crippen molar-refractivity contribution < 1.29 is 19.0 Å². The lowest BCUT2D eigenvalue weighted by molar-refractivity contribution is -0.124. The van der Waals surface area contributed by atoms with Crippen molar-refractivity contribution in [3.63, 3.8) is 0 Å². The monoisotopic (exact) mass is 384 g/mol. The van der Waals surface area contributed by atoms with Crippen LogP contribution in [0.25, 0.3) is 0 Å². The number of piperidine rings is 1. The minimum atomic E-state index is -0.0814. The predicted molar refractivity (Wildman–Crippen MR) is 108 cm³/mol. The Hall–Kier alpha value is -2.73. The number of ether oxygens (including phenoxy) is 3. The number of nitrogens with one attached hydrogen (secondary N) is 1. The molecule has 6 nitrogen and oxygen atoms in total. The molecule has 1 saturated heterocycles. The van der Waals surface area contributed by atoms with Gasteiger partial charge in [-0.1, -0.05) is 12.1 Å². The number of hydrogen-bond acceptors (Lipinski definition) is 5. The summed E-state index contributed by atoms with van der Waals surface area (Å²) in [5.74, 6) is 2.22. The number of carbonyl (C=O) groups excluding carboxylic acids is 1.